The molecule has 1 fully saturated rings. The lowest BCUT2D eigenvalue weighted by Crippen LogP contribution is -2.33. The molecule has 4 nitrogen and oxygen atoms in total. The third-order valence-electron chi connectivity index (χ3n) is 2.52. The van der Waals surface area contributed by atoms with Crippen LogP contribution in [0.25, 0.3) is 0 Å². The van der Waals surface area contributed by atoms with Crippen LogP contribution in [0.2, 0.25) is 0 Å². The van der Waals surface area contributed by atoms with Crippen molar-refractivity contribution in [3.05, 3.63) is 15.9 Å². The van der Waals surface area contributed by atoms with E-state index in [2.05, 4.69) is 31.9 Å². The van der Waals surface area contributed by atoms with Crippen molar-refractivity contribution in [2.75, 3.05) is 25.0 Å². The van der Waals surface area contributed by atoms with Crippen LogP contribution in [0.3, 0.4) is 0 Å². The van der Waals surface area contributed by atoms with E-state index in [1.807, 2.05) is 12.1 Å². The molecule has 1 aromatic rings. The van der Waals surface area contributed by atoms with Crippen LogP contribution in [0.4, 0.5) is 9.80 Å². The third kappa shape index (κ3) is 3.47. The molecule has 1 unspecified atom stereocenters. The number of rotatable bonds is 3. The van der Waals surface area contributed by atoms with E-state index in [1.54, 1.807) is 0 Å². The van der Waals surface area contributed by atoms with Crippen LogP contribution in [0.1, 0.15) is 6.42 Å². The largest absolute Gasteiger partial charge is 0.338 e. The van der Waals surface area contributed by atoms with Gasteiger partial charge in [0.15, 0.2) is 0 Å². The highest BCUT2D eigenvalue weighted by Crippen LogP contribution is 2.26. The number of amides is 2. The van der Waals surface area contributed by atoms with Gasteiger partial charge in [-0.25, -0.2) is 4.79 Å². The molecule has 6 heteroatoms. The number of thiophene rings is 1. The predicted molar refractivity (Wildman–Crippen MR) is 70.0 cm³/mol. The van der Waals surface area contributed by atoms with Crippen molar-refractivity contribution in [3.8, 4) is 0 Å². The van der Waals surface area contributed by atoms with Crippen molar-refractivity contribution in [1.82, 2.24) is 10.6 Å². The van der Waals surface area contributed by atoms with Gasteiger partial charge < -0.3 is 10.6 Å². The summed E-state index contributed by atoms with van der Waals surface area (Å²) in [5.74, 6) is 0.570. The van der Waals surface area contributed by atoms with Gasteiger partial charge in [-0.15, -0.1) is 11.3 Å². The SMILES string of the molecule is O=C(NCC1CCNC1)Nc1ccc(Br)s1. The second kappa shape index (κ2) is 5.65. The molecule has 1 atom stereocenters. The minimum absolute atomic E-state index is 0.124. The Hall–Kier alpha value is -0.590. The molecule has 2 heterocycles. The number of urea groups is 1. The van der Waals surface area contributed by atoms with Crippen molar-refractivity contribution >= 4 is 38.3 Å². The van der Waals surface area contributed by atoms with Gasteiger partial charge in [0.1, 0.15) is 0 Å². The van der Waals surface area contributed by atoms with Gasteiger partial charge in [-0.05, 0) is 53.5 Å². The predicted octanol–water partition coefficient (Wildman–Crippen LogP) is 2.24. The van der Waals surface area contributed by atoms with Crippen molar-refractivity contribution in [2.24, 2.45) is 5.92 Å². The Balaban J connectivity index is 1.71. The molecule has 88 valence electrons. The first-order valence-corrected chi connectivity index (χ1v) is 6.86. The number of hydrogen-bond donors (Lipinski definition) is 3. The van der Waals surface area contributed by atoms with E-state index in [0.29, 0.717) is 5.92 Å². The van der Waals surface area contributed by atoms with Gasteiger partial charge in [0.2, 0.25) is 0 Å². The monoisotopic (exact) mass is 303 g/mol. The zero-order valence-electron chi connectivity index (χ0n) is 8.75. The van der Waals surface area contributed by atoms with E-state index in [-0.39, 0.29) is 6.03 Å². The molecule has 2 rings (SSSR count). The van der Waals surface area contributed by atoms with Crippen molar-refractivity contribution in [2.45, 2.75) is 6.42 Å². The summed E-state index contributed by atoms with van der Waals surface area (Å²) in [6.45, 7) is 2.81. The molecule has 1 aliphatic rings. The highest BCUT2D eigenvalue weighted by molar-refractivity contribution is 9.11. The van der Waals surface area contributed by atoms with Gasteiger partial charge in [0.05, 0.1) is 8.79 Å². The molecule has 3 N–H and O–H groups in total. The number of halogens is 1. The number of carbonyl (C=O) groups excluding carboxylic acids is 1. The second-order valence-electron chi connectivity index (χ2n) is 3.80. The standard InChI is InChI=1S/C10H14BrN3OS/c11-8-1-2-9(16-8)14-10(15)13-6-7-3-4-12-5-7/h1-2,7,12H,3-6H2,(H2,13,14,15). The zero-order valence-corrected chi connectivity index (χ0v) is 11.2. The van der Waals surface area contributed by atoms with E-state index < -0.39 is 0 Å². The summed E-state index contributed by atoms with van der Waals surface area (Å²) >= 11 is 4.86. The summed E-state index contributed by atoms with van der Waals surface area (Å²) in [6, 6.07) is 3.67. The van der Waals surface area contributed by atoms with E-state index in [1.165, 1.54) is 11.3 Å². The fourth-order valence-electron chi connectivity index (χ4n) is 1.66. The van der Waals surface area contributed by atoms with E-state index >= 15 is 0 Å². The van der Waals surface area contributed by atoms with Gasteiger partial charge in [-0.1, -0.05) is 0 Å². The quantitative estimate of drug-likeness (QED) is 0.802. The minimum atomic E-state index is -0.124. The lowest BCUT2D eigenvalue weighted by molar-refractivity contribution is 0.250. The highest BCUT2D eigenvalue weighted by Gasteiger charge is 2.15. The Bertz CT molecular complexity index is 363. The topological polar surface area (TPSA) is 53.2 Å². The van der Waals surface area contributed by atoms with Gasteiger partial charge >= 0.3 is 6.03 Å². The normalized spacial score (nSPS) is 19.7. The maximum Gasteiger partial charge on any atom is 0.319 e. The summed E-state index contributed by atoms with van der Waals surface area (Å²) in [5, 5.41) is 9.82. The lowest BCUT2D eigenvalue weighted by atomic mass is 10.1. The van der Waals surface area contributed by atoms with Crippen LogP contribution >= 0.6 is 27.3 Å². The molecule has 0 spiro atoms. The fraction of sp³-hybridized carbons (Fsp3) is 0.500. The van der Waals surface area contributed by atoms with Crippen LogP contribution < -0.4 is 16.0 Å². The molecule has 2 amide bonds. The van der Waals surface area contributed by atoms with Gasteiger partial charge in [0, 0.05) is 6.54 Å². The molecule has 0 radical (unpaired) electrons. The molecular weight excluding hydrogens is 290 g/mol. The summed E-state index contributed by atoms with van der Waals surface area (Å²) in [6.07, 6.45) is 1.14. The van der Waals surface area contributed by atoms with Gasteiger partial charge in [-0.2, -0.15) is 0 Å². The molecule has 16 heavy (non-hydrogen) atoms. The van der Waals surface area contributed by atoms with Crippen molar-refractivity contribution < 1.29 is 4.79 Å². The number of anilines is 1. The Morgan fingerprint density at radius 2 is 2.50 bits per heavy atom. The Morgan fingerprint density at radius 3 is 3.12 bits per heavy atom. The minimum Gasteiger partial charge on any atom is -0.338 e. The smallest absolute Gasteiger partial charge is 0.319 e. The maximum absolute atomic E-state index is 11.5. The van der Waals surface area contributed by atoms with Crippen LogP contribution in [-0.2, 0) is 0 Å². The first kappa shape index (κ1) is 11.9. The number of hydrogen-bond acceptors (Lipinski definition) is 3. The third-order valence-corrected chi connectivity index (χ3v) is 4.06. The molecular formula is C10H14BrN3OS. The van der Waals surface area contributed by atoms with E-state index in [9.17, 15) is 4.79 Å². The fourth-order valence-corrected chi connectivity index (χ4v) is 2.94. The number of carbonyl (C=O) groups is 1. The average molecular weight is 304 g/mol. The van der Waals surface area contributed by atoms with Crippen LogP contribution in [0, 0.1) is 5.92 Å². The molecule has 0 aromatic carbocycles. The molecule has 1 saturated heterocycles. The van der Waals surface area contributed by atoms with Crippen LogP contribution in [0.5, 0.6) is 0 Å². The van der Waals surface area contributed by atoms with Crippen LogP contribution in [-0.4, -0.2) is 25.7 Å². The maximum atomic E-state index is 11.5. The lowest BCUT2D eigenvalue weighted by Gasteiger charge is -2.10. The van der Waals surface area contributed by atoms with E-state index in [0.717, 1.165) is 34.8 Å². The first-order valence-electron chi connectivity index (χ1n) is 5.25. The molecule has 0 aliphatic carbocycles. The molecule has 1 aliphatic heterocycles. The second-order valence-corrected chi connectivity index (χ2v) is 6.26. The average Bonchev–Trinajstić information content (AvgIpc) is 2.87. The van der Waals surface area contributed by atoms with E-state index in [4.69, 9.17) is 0 Å². The van der Waals surface area contributed by atoms with Gasteiger partial charge in [-0.3, -0.25) is 5.32 Å². The molecule has 1 aromatic heterocycles. The Labute approximate surface area is 107 Å². The highest BCUT2D eigenvalue weighted by atomic mass is 79.9. The zero-order chi connectivity index (χ0) is 11.4. The Kier molecular flexibility index (Phi) is 4.20. The summed E-state index contributed by atoms with van der Waals surface area (Å²) < 4.78 is 1.02. The van der Waals surface area contributed by atoms with Gasteiger partial charge in [0.25, 0.3) is 0 Å². The summed E-state index contributed by atoms with van der Waals surface area (Å²) in [7, 11) is 0. The molecule has 0 bridgehead atoms. The summed E-state index contributed by atoms with van der Waals surface area (Å²) in [5.41, 5.74) is 0. The number of nitrogens with one attached hydrogen (secondary N) is 3. The first-order chi connectivity index (χ1) is 7.74. The van der Waals surface area contributed by atoms with Crippen LogP contribution in [0.15, 0.2) is 15.9 Å². The Morgan fingerprint density at radius 1 is 1.62 bits per heavy atom. The summed E-state index contributed by atoms with van der Waals surface area (Å²) in [4.78, 5) is 11.5. The molecule has 0 saturated carbocycles. The van der Waals surface area contributed by atoms with Crippen molar-refractivity contribution in [1.29, 1.82) is 0 Å². The van der Waals surface area contributed by atoms with Crippen molar-refractivity contribution in [3.63, 3.8) is 0 Å².